The number of rotatable bonds is 4. The van der Waals surface area contributed by atoms with Crippen molar-refractivity contribution in [3.05, 3.63) is 0 Å². The predicted octanol–water partition coefficient (Wildman–Crippen LogP) is 1.45. The third kappa shape index (κ3) is 3.23. The minimum absolute atomic E-state index is 0.196. The van der Waals surface area contributed by atoms with E-state index in [-0.39, 0.29) is 11.3 Å². The summed E-state index contributed by atoms with van der Waals surface area (Å²) >= 11 is 0. The lowest BCUT2D eigenvalue weighted by Gasteiger charge is -2.28. The summed E-state index contributed by atoms with van der Waals surface area (Å²) in [7, 11) is 1.68. The van der Waals surface area contributed by atoms with Gasteiger partial charge in [0, 0.05) is 19.7 Å². The molecule has 0 aromatic carbocycles. The number of hydrogen-bond acceptors (Lipinski definition) is 3. The monoisotopic (exact) mass is 254 g/mol. The molecule has 1 unspecified atom stereocenters. The van der Waals surface area contributed by atoms with Gasteiger partial charge in [0.1, 0.15) is 0 Å². The van der Waals surface area contributed by atoms with Crippen LogP contribution < -0.4 is 10.6 Å². The quantitative estimate of drug-likeness (QED) is 0.747. The van der Waals surface area contributed by atoms with E-state index in [2.05, 4.69) is 10.6 Å². The van der Waals surface area contributed by atoms with Crippen LogP contribution in [0.1, 0.15) is 44.9 Å². The number of methoxy groups -OCH3 is 1. The smallest absolute Gasteiger partial charge is 0.230 e. The van der Waals surface area contributed by atoms with Crippen molar-refractivity contribution in [2.45, 2.75) is 51.0 Å². The lowest BCUT2D eigenvalue weighted by molar-refractivity contribution is -0.133. The first-order valence-electron chi connectivity index (χ1n) is 7.27. The van der Waals surface area contributed by atoms with Gasteiger partial charge >= 0.3 is 0 Å². The van der Waals surface area contributed by atoms with E-state index in [1.54, 1.807) is 7.11 Å². The van der Waals surface area contributed by atoms with Crippen LogP contribution in [0.5, 0.6) is 0 Å². The van der Waals surface area contributed by atoms with Gasteiger partial charge in [-0.15, -0.1) is 0 Å². The minimum atomic E-state index is -0.332. The number of hydrogen-bond donors (Lipinski definition) is 2. The Labute approximate surface area is 110 Å². The molecule has 2 rings (SSSR count). The van der Waals surface area contributed by atoms with E-state index < -0.39 is 0 Å². The van der Waals surface area contributed by atoms with E-state index in [0.29, 0.717) is 12.6 Å². The summed E-state index contributed by atoms with van der Waals surface area (Å²) in [6, 6.07) is 0.384. The van der Waals surface area contributed by atoms with Crippen LogP contribution in [-0.4, -0.2) is 38.8 Å². The highest BCUT2D eigenvalue weighted by atomic mass is 16.5. The Hall–Kier alpha value is -0.610. The van der Waals surface area contributed by atoms with Crippen LogP contribution in [0.4, 0.5) is 0 Å². The van der Waals surface area contributed by atoms with Gasteiger partial charge in [-0.2, -0.15) is 0 Å². The number of carbonyl (C=O) groups excluding carboxylic acids is 1. The lowest BCUT2D eigenvalue weighted by atomic mass is 9.86. The molecule has 104 valence electrons. The number of carbonyl (C=O) groups is 1. The Kier molecular flexibility index (Phi) is 5.01. The molecular formula is C14H26N2O2. The van der Waals surface area contributed by atoms with Crippen LogP contribution >= 0.6 is 0 Å². The summed E-state index contributed by atoms with van der Waals surface area (Å²) in [5.74, 6) is 0.196. The molecule has 2 aliphatic rings. The second kappa shape index (κ2) is 6.53. The van der Waals surface area contributed by atoms with Gasteiger partial charge < -0.3 is 15.4 Å². The van der Waals surface area contributed by atoms with Crippen LogP contribution in [0.15, 0.2) is 0 Å². The summed E-state index contributed by atoms with van der Waals surface area (Å²) in [6.45, 7) is 2.19. The Balaban J connectivity index is 1.91. The average molecular weight is 254 g/mol. The van der Waals surface area contributed by atoms with Crippen molar-refractivity contribution in [1.29, 1.82) is 0 Å². The molecule has 1 amide bonds. The van der Waals surface area contributed by atoms with Gasteiger partial charge in [-0.1, -0.05) is 25.7 Å². The van der Waals surface area contributed by atoms with Gasteiger partial charge in [0.25, 0.3) is 0 Å². The van der Waals surface area contributed by atoms with Crippen molar-refractivity contribution < 1.29 is 9.53 Å². The first-order valence-corrected chi connectivity index (χ1v) is 7.27. The third-order valence-corrected chi connectivity index (χ3v) is 4.34. The molecule has 4 heteroatoms. The zero-order valence-corrected chi connectivity index (χ0v) is 11.5. The molecule has 1 heterocycles. The van der Waals surface area contributed by atoms with Gasteiger partial charge in [0.2, 0.25) is 5.91 Å². The van der Waals surface area contributed by atoms with E-state index in [9.17, 15) is 4.79 Å². The normalized spacial score (nSPS) is 30.1. The average Bonchev–Trinajstić information content (AvgIpc) is 2.69. The first kappa shape index (κ1) is 13.8. The lowest BCUT2D eigenvalue weighted by Crippen LogP contribution is -2.49. The second-order valence-corrected chi connectivity index (χ2v) is 5.80. The van der Waals surface area contributed by atoms with Crippen LogP contribution in [0.2, 0.25) is 0 Å². The molecule has 1 saturated carbocycles. The Morgan fingerprint density at radius 1 is 1.33 bits per heavy atom. The molecule has 4 nitrogen and oxygen atoms in total. The van der Waals surface area contributed by atoms with Crippen LogP contribution in [0.25, 0.3) is 0 Å². The van der Waals surface area contributed by atoms with E-state index in [4.69, 9.17) is 4.74 Å². The zero-order chi connectivity index (χ0) is 12.8. The van der Waals surface area contributed by atoms with Crippen molar-refractivity contribution in [3.8, 4) is 0 Å². The Morgan fingerprint density at radius 3 is 2.61 bits per heavy atom. The second-order valence-electron chi connectivity index (χ2n) is 5.80. The van der Waals surface area contributed by atoms with Gasteiger partial charge in [-0.25, -0.2) is 0 Å². The van der Waals surface area contributed by atoms with Crippen molar-refractivity contribution in [2.24, 2.45) is 5.41 Å². The molecule has 0 aromatic rings. The number of nitrogens with one attached hydrogen (secondary N) is 2. The molecule has 0 aromatic heterocycles. The van der Waals surface area contributed by atoms with E-state index in [0.717, 1.165) is 32.4 Å². The minimum Gasteiger partial charge on any atom is -0.384 e. The van der Waals surface area contributed by atoms with E-state index in [1.807, 2.05) is 0 Å². The number of ether oxygens (including phenoxy) is 1. The van der Waals surface area contributed by atoms with Crippen molar-refractivity contribution >= 4 is 5.91 Å². The molecule has 1 saturated heterocycles. The fraction of sp³-hybridized carbons (Fsp3) is 0.929. The molecule has 0 radical (unpaired) electrons. The third-order valence-electron chi connectivity index (χ3n) is 4.34. The molecule has 2 N–H and O–H groups in total. The molecule has 18 heavy (non-hydrogen) atoms. The summed E-state index contributed by atoms with van der Waals surface area (Å²) in [5, 5.41) is 6.56. The van der Waals surface area contributed by atoms with Crippen LogP contribution in [0, 0.1) is 5.41 Å². The standard InChI is InChI=1S/C14H26N2O2/c1-18-11-14(8-9-15-10-14)13(17)16-12-6-4-2-3-5-7-12/h12,15H,2-11H2,1H3,(H,16,17). The van der Waals surface area contributed by atoms with Crippen molar-refractivity contribution in [3.63, 3.8) is 0 Å². The van der Waals surface area contributed by atoms with Gasteiger partial charge in [0.05, 0.1) is 12.0 Å². The largest absolute Gasteiger partial charge is 0.384 e. The van der Waals surface area contributed by atoms with E-state index >= 15 is 0 Å². The van der Waals surface area contributed by atoms with Gasteiger partial charge in [-0.05, 0) is 25.8 Å². The number of amides is 1. The summed E-state index contributed by atoms with van der Waals surface area (Å²) < 4.78 is 5.26. The summed E-state index contributed by atoms with van der Waals surface area (Å²) in [5.41, 5.74) is -0.332. The molecule has 1 aliphatic carbocycles. The van der Waals surface area contributed by atoms with Gasteiger partial charge in [-0.3, -0.25) is 4.79 Å². The highest BCUT2D eigenvalue weighted by molar-refractivity contribution is 5.83. The molecular weight excluding hydrogens is 228 g/mol. The molecule has 2 fully saturated rings. The SMILES string of the molecule is COCC1(C(=O)NC2CCCCCC2)CCNC1. The highest BCUT2D eigenvalue weighted by Crippen LogP contribution is 2.27. The maximum Gasteiger partial charge on any atom is 0.230 e. The fourth-order valence-electron chi connectivity index (χ4n) is 3.16. The predicted molar refractivity (Wildman–Crippen MR) is 71.4 cm³/mol. The topological polar surface area (TPSA) is 50.4 Å². The maximum absolute atomic E-state index is 12.5. The Morgan fingerprint density at radius 2 is 2.06 bits per heavy atom. The molecule has 0 spiro atoms. The van der Waals surface area contributed by atoms with Crippen LogP contribution in [-0.2, 0) is 9.53 Å². The highest BCUT2D eigenvalue weighted by Gasteiger charge is 2.41. The summed E-state index contributed by atoms with van der Waals surface area (Å²) in [6.07, 6.45) is 8.30. The molecule has 1 aliphatic heterocycles. The zero-order valence-electron chi connectivity index (χ0n) is 11.5. The molecule has 1 atom stereocenters. The van der Waals surface area contributed by atoms with Crippen LogP contribution in [0.3, 0.4) is 0 Å². The van der Waals surface area contributed by atoms with Crippen molar-refractivity contribution in [2.75, 3.05) is 26.8 Å². The van der Waals surface area contributed by atoms with Crippen molar-refractivity contribution in [1.82, 2.24) is 10.6 Å². The molecule has 0 bridgehead atoms. The van der Waals surface area contributed by atoms with Gasteiger partial charge in [0.15, 0.2) is 0 Å². The maximum atomic E-state index is 12.5. The fourth-order valence-corrected chi connectivity index (χ4v) is 3.16. The van der Waals surface area contributed by atoms with E-state index in [1.165, 1.54) is 25.7 Å². The summed E-state index contributed by atoms with van der Waals surface area (Å²) in [4.78, 5) is 12.5. The Bertz CT molecular complexity index is 267. The first-order chi connectivity index (χ1) is 8.77.